The molecule has 0 heterocycles. The highest BCUT2D eigenvalue weighted by atomic mass is 79.9. The molecule has 0 fully saturated rings. The van der Waals surface area contributed by atoms with Crippen molar-refractivity contribution in [2.45, 2.75) is 10.7 Å². The molecule has 1 atom stereocenters. The van der Waals surface area contributed by atoms with Gasteiger partial charge in [-0.05, 0) is 24.1 Å². The maximum Gasteiger partial charge on any atom is 0.130 e. The van der Waals surface area contributed by atoms with Crippen molar-refractivity contribution in [1.82, 2.24) is 0 Å². The van der Waals surface area contributed by atoms with Crippen molar-refractivity contribution in [3.8, 4) is 0 Å². The van der Waals surface area contributed by atoms with E-state index in [2.05, 4.69) is 15.9 Å². The lowest BCUT2D eigenvalue weighted by molar-refractivity contribution is 0.605. The quantitative estimate of drug-likeness (QED) is 0.490. The van der Waals surface area contributed by atoms with Crippen LogP contribution in [0.3, 0.4) is 0 Å². The molecule has 0 N–H and O–H groups in total. The molecular weight excluding hydrogens is 334 g/mol. The highest BCUT2D eigenvalue weighted by Gasteiger charge is 2.29. The van der Waals surface area contributed by atoms with Crippen LogP contribution in [0.4, 0.5) is 8.78 Å². The van der Waals surface area contributed by atoms with Gasteiger partial charge in [0.1, 0.15) is 11.6 Å². The zero-order valence-corrected chi connectivity index (χ0v) is 12.8. The third-order valence-corrected chi connectivity index (χ3v) is 4.51. The molecule has 0 nitrogen and oxygen atoms in total. The van der Waals surface area contributed by atoms with Crippen molar-refractivity contribution in [3.05, 3.63) is 89.5 Å². The first kappa shape index (κ1) is 14.2. The lowest BCUT2D eigenvalue weighted by Crippen LogP contribution is -2.17. The number of alkyl halides is 1. The highest BCUT2D eigenvalue weighted by Crippen LogP contribution is 2.42. The van der Waals surface area contributed by atoms with Crippen molar-refractivity contribution in [2.75, 3.05) is 0 Å². The zero-order valence-electron chi connectivity index (χ0n) is 11.2. The van der Waals surface area contributed by atoms with Gasteiger partial charge in [0, 0.05) is 11.1 Å². The standard InChI is InChI=1S/C18H13BrF2/c19-18(15-8-2-4-10-17(15)21)11-5-6-13(12-18)14-7-1-3-9-16(14)20/h1-5,7-12H,6H2. The van der Waals surface area contributed by atoms with E-state index in [9.17, 15) is 8.78 Å². The molecule has 2 aromatic rings. The lowest BCUT2D eigenvalue weighted by atomic mass is 9.87. The highest BCUT2D eigenvalue weighted by molar-refractivity contribution is 9.09. The fourth-order valence-electron chi connectivity index (χ4n) is 2.57. The summed E-state index contributed by atoms with van der Waals surface area (Å²) >= 11 is 3.59. The van der Waals surface area contributed by atoms with Crippen molar-refractivity contribution < 1.29 is 8.78 Å². The summed E-state index contributed by atoms with van der Waals surface area (Å²) < 4.78 is 27.3. The van der Waals surface area contributed by atoms with Gasteiger partial charge in [0.05, 0.1) is 4.32 Å². The summed E-state index contributed by atoms with van der Waals surface area (Å²) in [5.41, 5.74) is 1.92. The Morgan fingerprint density at radius 2 is 1.57 bits per heavy atom. The van der Waals surface area contributed by atoms with Crippen LogP contribution >= 0.6 is 15.9 Å². The largest absolute Gasteiger partial charge is 0.207 e. The minimum atomic E-state index is -0.742. The molecule has 0 saturated heterocycles. The summed E-state index contributed by atoms with van der Waals surface area (Å²) in [5, 5.41) is 0. The summed E-state index contributed by atoms with van der Waals surface area (Å²) in [6.45, 7) is 0. The SMILES string of the molecule is Fc1ccccc1C1=CC(Br)(c2ccccc2F)C=CC1. The molecule has 21 heavy (non-hydrogen) atoms. The van der Waals surface area contributed by atoms with Gasteiger partial charge < -0.3 is 0 Å². The molecule has 0 spiro atoms. The van der Waals surface area contributed by atoms with Crippen molar-refractivity contribution in [1.29, 1.82) is 0 Å². The predicted octanol–water partition coefficient (Wildman–Crippen LogP) is 5.60. The predicted molar refractivity (Wildman–Crippen MR) is 85.1 cm³/mol. The first-order chi connectivity index (χ1) is 10.1. The van der Waals surface area contributed by atoms with Crippen molar-refractivity contribution in [2.24, 2.45) is 0 Å². The van der Waals surface area contributed by atoms with Crippen LogP contribution in [0.2, 0.25) is 0 Å². The fourth-order valence-corrected chi connectivity index (χ4v) is 3.35. The van der Waals surface area contributed by atoms with Gasteiger partial charge in [-0.3, -0.25) is 0 Å². The summed E-state index contributed by atoms with van der Waals surface area (Å²) in [6, 6.07) is 13.3. The molecule has 2 aromatic carbocycles. The summed E-state index contributed by atoms with van der Waals surface area (Å²) in [5.74, 6) is -0.549. The Morgan fingerprint density at radius 3 is 2.29 bits per heavy atom. The summed E-state index contributed by atoms with van der Waals surface area (Å²) in [6.07, 6.45) is 6.34. The van der Waals surface area contributed by atoms with Gasteiger partial charge in [-0.2, -0.15) is 0 Å². The summed E-state index contributed by atoms with van der Waals surface area (Å²) in [4.78, 5) is 0. The summed E-state index contributed by atoms with van der Waals surface area (Å²) in [7, 11) is 0. The number of rotatable bonds is 2. The Labute approximate surface area is 130 Å². The van der Waals surface area contributed by atoms with Gasteiger partial charge in [-0.25, -0.2) is 8.78 Å². The maximum absolute atomic E-state index is 14.1. The van der Waals surface area contributed by atoms with E-state index in [1.807, 2.05) is 18.2 Å². The minimum absolute atomic E-state index is 0.262. The molecule has 1 aliphatic carbocycles. The van der Waals surface area contributed by atoms with E-state index < -0.39 is 4.32 Å². The molecule has 0 amide bonds. The monoisotopic (exact) mass is 346 g/mol. The van der Waals surface area contributed by atoms with E-state index >= 15 is 0 Å². The van der Waals surface area contributed by atoms with Gasteiger partial charge in [-0.1, -0.05) is 70.6 Å². The van der Waals surface area contributed by atoms with E-state index in [1.54, 1.807) is 36.4 Å². The third kappa shape index (κ3) is 2.70. The Kier molecular flexibility index (Phi) is 3.77. The topological polar surface area (TPSA) is 0 Å². The molecule has 0 aliphatic heterocycles. The first-order valence-electron chi connectivity index (χ1n) is 6.68. The normalized spacial score (nSPS) is 21.2. The van der Waals surface area contributed by atoms with Crippen LogP contribution < -0.4 is 0 Å². The van der Waals surface area contributed by atoms with E-state index in [1.165, 1.54) is 12.1 Å². The molecule has 1 aliphatic rings. The third-order valence-electron chi connectivity index (χ3n) is 3.59. The van der Waals surface area contributed by atoms with Crippen LogP contribution in [-0.2, 0) is 4.32 Å². The molecule has 0 bridgehead atoms. The van der Waals surface area contributed by atoms with Crippen LogP contribution in [0.1, 0.15) is 17.5 Å². The zero-order chi connectivity index (χ0) is 14.9. The van der Waals surface area contributed by atoms with E-state index in [0.717, 1.165) is 5.57 Å². The van der Waals surface area contributed by atoms with Gasteiger partial charge >= 0.3 is 0 Å². The molecule has 106 valence electrons. The van der Waals surface area contributed by atoms with Gasteiger partial charge in [-0.15, -0.1) is 0 Å². The van der Waals surface area contributed by atoms with E-state index in [4.69, 9.17) is 0 Å². The Bertz CT molecular complexity index is 734. The van der Waals surface area contributed by atoms with Crippen LogP contribution in [0.5, 0.6) is 0 Å². The smallest absolute Gasteiger partial charge is 0.130 e. The van der Waals surface area contributed by atoms with E-state index in [0.29, 0.717) is 17.5 Å². The molecule has 3 heteroatoms. The Morgan fingerprint density at radius 1 is 0.905 bits per heavy atom. The van der Waals surface area contributed by atoms with Crippen molar-refractivity contribution in [3.63, 3.8) is 0 Å². The second kappa shape index (κ2) is 5.57. The number of allylic oxidation sites excluding steroid dienone is 4. The fraction of sp³-hybridized carbons (Fsp3) is 0.111. The number of hydrogen-bond donors (Lipinski definition) is 0. The molecule has 0 saturated carbocycles. The lowest BCUT2D eigenvalue weighted by Gasteiger charge is -2.26. The van der Waals surface area contributed by atoms with Gasteiger partial charge in [0.25, 0.3) is 0 Å². The average molecular weight is 347 g/mol. The van der Waals surface area contributed by atoms with Crippen LogP contribution in [-0.4, -0.2) is 0 Å². The Balaban J connectivity index is 2.09. The molecule has 3 rings (SSSR count). The number of benzene rings is 2. The first-order valence-corrected chi connectivity index (χ1v) is 7.48. The van der Waals surface area contributed by atoms with Gasteiger partial charge in [0.15, 0.2) is 0 Å². The van der Waals surface area contributed by atoms with Crippen molar-refractivity contribution >= 4 is 21.5 Å². The second-order valence-corrected chi connectivity index (χ2v) is 6.32. The average Bonchev–Trinajstić information content (AvgIpc) is 2.48. The molecule has 0 radical (unpaired) electrons. The van der Waals surface area contributed by atoms with Crippen LogP contribution in [0, 0.1) is 11.6 Å². The number of halogens is 3. The Hall–Kier alpha value is -1.74. The second-order valence-electron chi connectivity index (χ2n) is 5.00. The molecular formula is C18H13BrF2. The molecule has 1 unspecified atom stereocenters. The molecule has 0 aromatic heterocycles. The van der Waals surface area contributed by atoms with E-state index in [-0.39, 0.29) is 11.6 Å². The van der Waals surface area contributed by atoms with Crippen LogP contribution in [0.25, 0.3) is 5.57 Å². The number of hydrogen-bond acceptors (Lipinski definition) is 0. The minimum Gasteiger partial charge on any atom is -0.207 e. The van der Waals surface area contributed by atoms with Gasteiger partial charge in [0.2, 0.25) is 0 Å². The van der Waals surface area contributed by atoms with Crippen LogP contribution in [0.15, 0.2) is 66.8 Å². The maximum atomic E-state index is 14.1.